The Morgan fingerprint density at radius 2 is 2.00 bits per heavy atom. The Morgan fingerprint density at radius 3 is 2.57 bits per heavy atom. The molecule has 3 aliphatic carbocycles. The number of ether oxygens (including phenoxy) is 1. The molecule has 3 rings (SSSR count). The van der Waals surface area contributed by atoms with E-state index in [2.05, 4.69) is 6.08 Å². The van der Waals surface area contributed by atoms with E-state index in [9.17, 15) is 13.9 Å². The standard InChI is InChI=1S/C19H28F2O2/c1-11(2)23-19-9-16(13-5-6-17(20)18(21)8-13)15(12-3-4-12)7-14(19)10-22/h5,7,11-12,15-19,22H,3-4,6,8-10H2,1-2H3/t15-,16?,17+,18-,19+/m1/s1. The Morgan fingerprint density at radius 1 is 1.26 bits per heavy atom. The van der Waals surface area contributed by atoms with Crippen molar-refractivity contribution < 1.29 is 18.6 Å². The van der Waals surface area contributed by atoms with Crippen LogP contribution in [0.25, 0.3) is 0 Å². The van der Waals surface area contributed by atoms with Crippen molar-refractivity contribution in [3.05, 3.63) is 23.3 Å². The van der Waals surface area contributed by atoms with Gasteiger partial charge in [-0.1, -0.05) is 17.7 Å². The third kappa shape index (κ3) is 3.85. The number of rotatable bonds is 5. The van der Waals surface area contributed by atoms with Crippen LogP contribution in [0, 0.1) is 17.8 Å². The molecule has 23 heavy (non-hydrogen) atoms. The molecule has 0 aromatic heterocycles. The first-order valence-electron chi connectivity index (χ1n) is 8.93. The van der Waals surface area contributed by atoms with E-state index < -0.39 is 12.3 Å². The zero-order valence-corrected chi connectivity index (χ0v) is 14.1. The molecule has 130 valence electrons. The molecule has 0 bridgehead atoms. The summed E-state index contributed by atoms with van der Waals surface area (Å²) in [5, 5.41) is 9.70. The van der Waals surface area contributed by atoms with Crippen molar-refractivity contribution in [3.8, 4) is 0 Å². The van der Waals surface area contributed by atoms with Crippen LogP contribution >= 0.6 is 0 Å². The number of aliphatic hydroxyl groups excluding tert-OH is 1. The molecular weight excluding hydrogens is 298 g/mol. The van der Waals surface area contributed by atoms with Gasteiger partial charge in [0, 0.05) is 6.42 Å². The molecule has 0 spiro atoms. The second-order valence-corrected chi connectivity index (χ2v) is 7.58. The van der Waals surface area contributed by atoms with E-state index in [1.54, 1.807) is 0 Å². The third-order valence-corrected chi connectivity index (χ3v) is 5.44. The van der Waals surface area contributed by atoms with E-state index >= 15 is 0 Å². The van der Waals surface area contributed by atoms with E-state index in [1.807, 2.05) is 19.9 Å². The molecule has 0 heterocycles. The minimum Gasteiger partial charge on any atom is -0.392 e. The first-order chi connectivity index (χ1) is 11.0. The van der Waals surface area contributed by atoms with Gasteiger partial charge in [0.05, 0.1) is 18.8 Å². The topological polar surface area (TPSA) is 29.5 Å². The Bertz CT molecular complexity index is 482. The predicted octanol–water partition coefficient (Wildman–Crippen LogP) is 4.14. The number of halogens is 2. The zero-order chi connectivity index (χ0) is 16.6. The summed E-state index contributed by atoms with van der Waals surface area (Å²) >= 11 is 0. The SMILES string of the molecule is CC(C)O[C@H]1CC(C2=CC[C@H](F)[C@H](F)C2)[C@@H](C2CC2)C=C1CO. The van der Waals surface area contributed by atoms with Crippen LogP contribution in [-0.4, -0.2) is 36.3 Å². The van der Waals surface area contributed by atoms with Crippen LogP contribution in [0.1, 0.15) is 46.0 Å². The summed E-state index contributed by atoms with van der Waals surface area (Å²) in [6, 6.07) is 0. The molecule has 0 aromatic rings. The Labute approximate surface area is 137 Å². The fraction of sp³-hybridized carbons (Fsp3) is 0.789. The third-order valence-electron chi connectivity index (χ3n) is 5.44. The second-order valence-electron chi connectivity index (χ2n) is 7.58. The van der Waals surface area contributed by atoms with Crippen molar-refractivity contribution in [1.82, 2.24) is 0 Å². The minimum atomic E-state index is -1.37. The Balaban J connectivity index is 1.84. The van der Waals surface area contributed by atoms with Gasteiger partial charge in [0.1, 0.15) is 12.3 Å². The lowest BCUT2D eigenvalue weighted by molar-refractivity contribution is 0.00190. The largest absolute Gasteiger partial charge is 0.392 e. The fourth-order valence-electron chi connectivity index (χ4n) is 4.13. The average Bonchev–Trinajstić information content (AvgIpc) is 3.34. The van der Waals surface area contributed by atoms with Crippen LogP contribution in [0.15, 0.2) is 23.3 Å². The smallest absolute Gasteiger partial charge is 0.135 e. The van der Waals surface area contributed by atoms with Gasteiger partial charge in [0.15, 0.2) is 0 Å². The van der Waals surface area contributed by atoms with Gasteiger partial charge < -0.3 is 9.84 Å². The van der Waals surface area contributed by atoms with Gasteiger partial charge in [-0.05, 0) is 62.9 Å². The first-order valence-corrected chi connectivity index (χ1v) is 8.93. The molecule has 1 saturated carbocycles. The van der Waals surface area contributed by atoms with Crippen molar-refractivity contribution in [2.45, 2.75) is 70.5 Å². The maximum atomic E-state index is 13.9. The summed E-state index contributed by atoms with van der Waals surface area (Å²) in [4.78, 5) is 0. The quantitative estimate of drug-likeness (QED) is 0.769. The molecule has 1 unspecified atom stereocenters. The van der Waals surface area contributed by atoms with Crippen LogP contribution in [0.5, 0.6) is 0 Å². The van der Waals surface area contributed by atoms with Crippen LogP contribution < -0.4 is 0 Å². The average molecular weight is 326 g/mol. The van der Waals surface area contributed by atoms with Crippen molar-refractivity contribution in [2.24, 2.45) is 17.8 Å². The maximum Gasteiger partial charge on any atom is 0.135 e. The minimum absolute atomic E-state index is 0.0185. The molecule has 5 atom stereocenters. The number of alkyl halides is 2. The van der Waals surface area contributed by atoms with Gasteiger partial charge in [0.25, 0.3) is 0 Å². The number of aliphatic hydroxyl groups is 1. The zero-order valence-electron chi connectivity index (χ0n) is 14.1. The summed E-state index contributed by atoms with van der Waals surface area (Å²) in [6.45, 7) is 3.99. The van der Waals surface area contributed by atoms with Gasteiger partial charge in [0.2, 0.25) is 0 Å². The van der Waals surface area contributed by atoms with Crippen molar-refractivity contribution >= 4 is 0 Å². The molecular formula is C19H28F2O2. The summed E-state index contributed by atoms with van der Waals surface area (Å²) < 4.78 is 33.3. The number of hydrogen-bond donors (Lipinski definition) is 1. The van der Waals surface area contributed by atoms with Gasteiger partial charge in [-0.3, -0.25) is 0 Å². The summed E-state index contributed by atoms with van der Waals surface area (Å²) in [6.07, 6.45) is 4.92. The second kappa shape index (κ2) is 7.02. The van der Waals surface area contributed by atoms with E-state index in [-0.39, 0.29) is 37.6 Å². The fourth-order valence-corrected chi connectivity index (χ4v) is 4.13. The molecule has 1 fully saturated rings. The maximum absolute atomic E-state index is 13.9. The molecule has 0 amide bonds. The lowest BCUT2D eigenvalue weighted by atomic mass is 9.70. The van der Waals surface area contributed by atoms with Crippen LogP contribution in [0.2, 0.25) is 0 Å². The highest BCUT2D eigenvalue weighted by atomic mass is 19.2. The summed E-state index contributed by atoms with van der Waals surface area (Å²) in [7, 11) is 0. The monoisotopic (exact) mass is 326 g/mol. The molecule has 3 aliphatic rings. The van der Waals surface area contributed by atoms with Crippen LogP contribution in [0.4, 0.5) is 8.78 Å². The van der Waals surface area contributed by atoms with Crippen LogP contribution in [0.3, 0.4) is 0 Å². The highest BCUT2D eigenvalue weighted by Gasteiger charge is 2.43. The van der Waals surface area contributed by atoms with Crippen LogP contribution in [-0.2, 0) is 4.74 Å². The first kappa shape index (κ1) is 17.1. The van der Waals surface area contributed by atoms with Crippen molar-refractivity contribution in [3.63, 3.8) is 0 Å². The number of hydrogen-bond acceptors (Lipinski definition) is 2. The molecule has 0 aromatic carbocycles. The summed E-state index contributed by atoms with van der Waals surface area (Å²) in [5.41, 5.74) is 2.03. The van der Waals surface area contributed by atoms with E-state index in [4.69, 9.17) is 4.74 Å². The van der Waals surface area contributed by atoms with E-state index in [0.29, 0.717) is 11.8 Å². The Kier molecular flexibility index (Phi) is 5.22. The van der Waals surface area contributed by atoms with Gasteiger partial charge in [-0.2, -0.15) is 0 Å². The van der Waals surface area contributed by atoms with Crippen molar-refractivity contribution in [1.29, 1.82) is 0 Å². The lowest BCUT2D eigenvalue weighted by Crippen LogP contribution is -2.36. The van der Waals surface area contributed by atoms with Gasteiger partial charge in [-0.25, -0.2) is 8.78 Å². The predicted molar refractivity (Wildman–Crippen MR) is 86.6 cm³/mol. The highest BCUT2D eigenvalue weighted by Crippen LogP contribution is 2.50. The molecule has 0 aliphatic heterocycles. The molecule has 0 saturated heterocycles. The van der Waals surface area contributed by atoms with Gasteiger partial charge in [-0.15, -0.1) is 0 Å². The van der Waals surface area contributed by atoms with Gasteiger partial charge >= 0.3 is 0 Å². The lowest BCUT2D eigenvalue weighted by Gasteiger charge is -2.39. The highest BCUT2D eigenvalue weighted by molar-refractivity contribution is 5.26. The Hall–Kier alpha value is -0.740. The number of allylic oxidation sites excluding steroid dienone is 3. The molecule has 1 N–H and O–H groups in total. The normalized spacial score (nSPS) is 38.4. The van der Waals surface area contributed by atoms with Crippen molar-refractivity contribution in [2.75, 3.05) is 6.61 Å². The summed E-state index contributed by atoms with van der Waals surface area (Å²) in [5.74, 6) is 1.20. The molecule has 0 radical (unpaired) electrons. The van der Waals surface area contributed by atoms with E-state index in [0.717, 1.165) is 17.6 Å². The molecule has 4 heteroatoms. The molecule has 2 nitrogen and oxygen atoms in total. The van der Waals surface area contributed by atoms with E-state index in [1.165, 1.54) is 12.8 Å².